The number of carbonyl (C=O) groups is 1. The van der Waals surface area contributed by atoms with E-state index >= 15 is 0 Å². The molecule has 1 amide bonds. The molecular formula is C11H12ClN5OS. The Hall–Kier alpha value is -1.60. The van der Waals surface area contributed by atoms with Gasteiger partial charge in [0.15, 0.2) is 0 Å². The highest BCUT2D eigenvalue weighted by Gasteiger charge is 2.06. The molecule has 0 aliphatic rings. The van der Waals surface area contributed by atoms with Gasteiger partial charge in [0.25, 0.3) is 0 Å². The first kappa shape index (κ1) is 13.8. The van der Waals surface area contributed by atoms with E-state index in [1.807, 2.05) is 0 Å². The summed E-state index contributed by atoms with van der Waals surface area (Å²) in [6.07, 6.45) is 0.389. The van der Waals surface area contributed by atoms with Gasteiger partial charge < -0.3 is 5.32 Å². The van der Waals surface area contributed by atoms with E-state index in [0.29, 0.717) is 22.4 Å². The van der Waals surface area contributed by atoms with E-state index < -0.39 is 0 Å². The maximum Gasteiger partial charge on any atom is 0.225 e. The van der Waals surface area contributed by atoms with Crippen molar-refractivity contribution < 1.29 is 4.79 Å². The van der Waals surface area contributed by atoms with Crippen LogP contribution in [0.3, 0.4) is 0 Å². The predicted octanol–water partition coefficient (Wildman–Crippen LogP) is 1.98. The van der Waals surface area contributed by atoms with Crippen molar-refractivity contribution in [1.82, 2.24) is 20.2 Å². The normalized spacial score (nSPS) is 10.4. The van der Waals surface area contributed by atoms with E-state index in [2.05, 4.69) is 20.8 Å². The van der Waals surface area contributed by atoms with Crippen LogP contribution in [-0.4, -0.2) is 31.9 Å². The van der Waals surface area contributed by atoms with Gasteiger partial charge in [0, 0.05) is 29.9 Å². The zero-order chi connectivity index (χ0) is 13.7. The number of benzene rings is 1. The van der Waals surface area contributed by atoms with Gasteiger partial charge in [0.05, 0.1) is 0 Å². The summed E-state index contributed by atoms with van der Waals surface area (Å²) in [6.45, 7) is 0. The molecule has 0 atom stereocenters. The van der Waals surface area contributed by atoms with Gasteiger partial charge in [0.2, 0.25) is 11.1 Å². The zero-order valence-corrected chi connectivity index (χ0v) is 11.8. The van der Waals surface area contributed by atoms with E-state index in [0.717, 1.165) is 5.69 Å². The monoisotopic (exact) mass is 297 g/mol. The number of aryl methyl sites for hydroxylation is 1. The second-order valence-corrected chi connectivity index (χ2v) is 5.24. The highest BCUT2D eigenvalue weighted by atomic mass is 35.5. The van der Waals surface area contributed by atoms with E-state index in [1.165, 1.54) is 11.8 Å². The van der Waals surface area contributed by atoms with Crippen LogP contribution in [0.4, 0.5) is 5.69 Å². The lowest BCUT2D eigenvalue weighted by molar-refractivity contribution is -0.115. The van der Waals surface area contributed by atoms with Crippen LogP contribution >= 0.6 is 23.4 Å². The molecule has 6 nitrogen and oxygen atoms in total. The SMILES string of the molecule is Cn1nnnc1SCCC(=O)Nc1ccc(Cl)cc1. The number of nitrogens with zero attached hydrogens (tertiary/aromatic N) is 4. The molecule has 0 saturated carbocycles. The van der Waals surface area contributed by atoms with E-state index in [1.54, 1.807) is 36.0 Å². The number of hydrogen-bond donors (Lipinski definition) is 1. The fourth-order valence-corrected chi connectivity index (χ4v) is 2.25. The Kier molecular flexibility index (Phi) is 4.75. The number of amides is 1. The standard InChI is InChI=1S/C11H12ClN5OS/c1-17-11(14-15-16-17)19-7-6-10(18)13-9-4-2-8(12)3-5-9/h2-5H,6-7H2,1H3,(H,13,18). The Morgan fingerprint density at radius 1 is 1.42 bits per heavy atom. The van der Waals surface area contributed by atoms with Gasteiger partial charge in [-0.05, 0) is 34.7 Å². The Morgan fingerprint density at radius 3 is 2.79 bits per heavy atom. The van der Waals surface area contributed by atoms with Crippen molar-refractivity contribution in [3.8, 4) is 0 Å². The van der Waals surface area contributed by atoms with Crippen LogP contribution in [0.1, 0.15) is 6.42 Å². The number of aromatic nitrogens is 4. The molecule has 1 aromatic heterocycles. The lowest BCUT2D eigenvalue weighted by atomic mass is 10.3. The molecule has 2 rings (SSSR count). The Labute approximate surface area is 119 Å². The summed E-state index contributed by atoms with van der Waals surface area (Å²) < 4.78 is 1.57. The fourth-order valence-electron chi connectivity index (χ4n) is 1.34. The van der Waals surface area contributed by atoms with Gasteiger partial charge in [-0.2, -0.15) is 0 Å². The quantitative estimate of drug-likeness (QED) is 0.854. The number of anilines is 1. The summed E-state index contributed by atoms with van der Waals surface area (Å²) >= 11 is 7.21. The topological polar surface area (TPSA) is 72.7 Å². The molecule has 0 aliphatic carbocycles. The molecule has 0 spiro atoms. The molecule has 1 heterocycles. The number of hydrogen-bond acceptors (Lipinski definition) is 5. The first-order valence-electron chi connectivity index (χ1n) is 5.56. The van der Waals surface area contributed by atoms with E-state index in [9.17, 15) is 4.79 Å². The van der Waals surface area contributed by atoms with Crippen LogP contribution in [0.5, 0.6) is 0 Å². The van der Waals surface area contributed by atoms with Crippen molar-refractivity contribution in [2.24, 2.45) is 7.05 Å². The minimum atomic E-state index is -0.0510. The number of carbonyl (C=O) groups excluding carboxylic acids is 1. The number of nitrogens with one attached hydrogen (secondary N) is 1. The van der Waals surface area contributed by atoms with Crippen LogP contribution in [0.25, 0.3) is 0 Å². The lowest BCUT2D eigenvalue weighted by Gasteiger charge is -2.04. The molecular weight excluding hydrogens is 286 g/mol. The summed E-state index contributed by atoms with van der Waals surface area (Å²) in [4.78, 5) is 11.7. The molecule has 0 radical (unpaired) electrons. The zero-order valence-electron chi connectivity index (χ0n) is 10.2. The van der Waals surface area contributed by atoms with Crippen LogP contribution in [0.2, 0.25) is 5.02 Å². The molecule has 100 valence electrons. The second kappa shape index (κ2) is 6.53. The Balaban J connectivity index is 1.76. The number of tetrazole rings is 1. The first-order chi connectivity index (χ1) is 9.15. The second-order valence-electron chi connectivity index (χ2n) is 3.74. The molecule has 1 N–H and O–H groups in total. The molecule has 8 heteroatoms. The van der Waals surface area contributed by atoms with Crippen molar-refractivity contribution in [2.45, 2.75) is 11.6 Å². The predicted molar refractivity (Wildman–Crippen MR) is 74.2 cm³/mol. The molecule has 0 bridgehead atoms. The third kappa shape index (κ3) is 4.22. The highest BCUT2D eigenvalue weighted by molar-refractivity contribution is 7.99. The van der Waals surface area contributed by atoms with Crippen LogP contribution in [0, 0.1) is 0 Å². The summed E-state index contributed by atoms with van der Waals surface area (Å²) in [6, 6.07) is 6.99. The van der Waals surface area contributed by atoms with Crippen molar-refractivity contribution in [3.05, 3.63) is 29.3 Å². The van der Waals surface area contributed by atoms with Crippen LogP contribution < -0.4 is 5.32 Å². The number of thioether (sulfide) groups is 1. The smallest absolute Gasteiger partial charge is 0.225 e. The summed E-state index contributed by atoms with van der Waals surface area (Å²) in [5, 5.41) is 15.2. The van der Waals surface area contributed by atoms with Gasteiger partial charge in [-0.1, -0.05) is 23.4 Å². The van der Waals surface area contributed by atoms with Crippen molar-refractivity contribution in [1.29, 1.82) is 0 Å². The minimum Gasteiger partial charge on any atom is -0.326 e. The Bertz CT molecular complexity index is 556. The van der Waals surface area contributed by atoms with E-state index in [4.69, 9.17) is 11.6 Å². The van der Waals surface area contributed by atoms with Gasteiger partial charge in [0.1, 0.15) is 0 Å². The first-order valence-corrected chi connectivity index (χ1v) is 6.92. The summed E-state index contributed by atoms with van der Waals surface area (Å²) in [5.41, 5.74) is 0.736. The van der Waals surface area contributed by atoms with E-state index in [-0.39, 0.29) is 5.91 Å². The molecule has 1 aromatic carbocycles. The third-order valence-corrected chi connectivity index (χ3v) is 3.53. The summed E-state index contributed by atoms with van der Waals surface area (Å²) in [5.74, 6) is 0.568. The van der Waals surface area contributed by atoms with Crippen molar-refractivity contribution in [2.75, 3.05) is 11.1 Å². The molecule has 0 unspecified atom stereocenters. The fraction of sp³-hybridized carbons (Fsp3) is 0.273. The van der Waals surface area contributed by atoms with Gasteiger partial charge in [-0.25, -0.2) is 4.68 Å². The van der Waals surface area contributed by atoms with Gasteiger partial charge in [-0.15, -0.1) is 5.10 Å². The largest absolute Gasteiger partial charge is 0.326 e. The molecule has 0 fully saturated rings. The number of rotatable bonds is 5. The van der Waals surface area contributed by atoms with Gasteiger partial charge >= 0.3 is 0 Å². The summed E-state index contributed by atoms with van der Waals surface area (Å²) in [7, 11) is 1.76. The maximum atomic E-state index is 11.7. The van der Waals surface area contributed by atoms with Crippen LogP contribution in [-0.2, 0) is 11.8 Å². The minimum absolute atomic E-state index is 0.0510. The molecule has 0 saturated heterocycles. The van der Waals surface area contributed by atoms with Gasteiger partial charge in [-0.3, -0.25) is 4.79 Å². The third-order valence-electron chi connectivity index (χ3n) is 2.27. The molecule has 0 aliphatic heterocycles. The average molecular weight is 298 g/mol. The molecule has 2 aromatic rings. The average Bonchev–Trinajstić information content (AvgIpc) is 2.78. The van der Waals surface area contributed by atoms with Crippen LogP contribution in [0.15, 0.2) is 29.4 Å². The maximum absolute atomic E-state index is 11.7. The number of halogens is 1. The Morgan fingerprint density at radius 2 is 2.16 bits per heavy atom. The lowest BCUT2D eigenvalue weighted by Crippen LogP contribution is -2.12. The molecule has 19 heavy (non-hydrogen) atoms. The van der Waals surface area contributed by atoms with Crippen molar-refractivity contribution in [3.63, 3.8) is 0 Å². The highest BCUT2D eigenvalue weighted by Crippen LogP contribution is 2.16. The van der Waals surface area contributed by atoms with Crippen molar-refractivity contribution >= 4 is 35.0 Å².